The van der Waals surface area contributed by atoms with Gasteiger partial charge in [0.05, 0.1) is 17.2 Å². The minimum absolute atomic E-state index is 0.355. The van der Waals surface area contributed by atoms with Gasteiger partial charge in [-0.15, -0.1) is 5.10 Å². The summed E-state index contributed by atoms with van der Waals surface area (Å²) in [6.45, 7) is 0. The highest BCUT2D eigenvalue weighted by Gasteiger charge is 2.44. The number of aryl methyl sites for hydroxylation is 1. The number of ether oxygens (including phenoxy) is 1. The number of anilines is 1. The third-order valence-corrected chi connectivity index (χ3v) is 6.70. The lowest BCUT2D eigenvalue weighted by Gasteiger charge is -2.17. The molecule has 4 aromatic rings. The van der Waals surface area contributed by atoms with Gasteiger partial charge < -0.3 is 25.3 Å². The van der Waals surface area contributed by atoms with Crippen LogP contribution in [0.15, 0.2) is 48.9 Å². The Bertz CT molecular complexity index is 1230. The monoisotopic (exact) mass is 453 g/mol. The summed E-state index contributed by atoms with van der Waals surface area (Å²) < 4.78 is 9.49. The lowest BCUT2D eigenvalue weighted by atomic mass is 10.1. The topological polar surface area (TPSA) is 137 Å². The minimum Gasteiger partial charge on any atom is -0.387 e. The van der Waals surface area contributed by atoms with Crippen LogP contribution in [0.4, 0.5) is 5.82 Å². The number of nitrogens with two attached hydrogens (primary N) is 1. The quantitative estimate of drug-likeness (QED) is 0.395. The molecule has 1 aliphatic rings. The Morgan fingerprint density at radius 3 is 2.75 bits per heavy atom. The SMILES string of the molecule is Cn1nnc(-c2ccccc2)c1CSC[C@H]1O[C@@H](n2ccc3c(N)ncnc32)[C@H](O)[C@@H]1O. The fourth-order valence-electron chi connectivity index (χ4n) is 3.92. The molecule has 32 heavy (non-hydrogen) atoms. The van der Waals surface area contributed by atoms with E-state index in [2.05, 4.69) is 20.3 Å². The summed E-state index contributed by atoms with van der Waals surface area (Å²) in [6.07, 6.45) is -0.322. The molecule has 0 unspecified atom stereocenters. The number of hydrogen-bond donors (Lipinski definition) is 3. The zero-order valence-electron chi connectivity index (χ0n) is 17.3. The van der Waals surface area contributed by atoms with Crippen LogP contribution in [-0.4, -0.2) is 63.8 Å². The fraction of sp³-hybridized carbons (Fsp3) is 0.333. The van der Waals surface area contributed by atoms with E-state index in [0.29, 0.717) is 28.4 Å². The van der Waals surface area contributed by atoms with Crippen LogP contribution in [-0.2, 0) is 17.5 Å². The van der Waals surface area contributed by atoms with Crippen molar-refractivity contribution in [2.75, 3.05) is 11.5 Å². The summed E-state index contributed by atoms with van der Waals surface area (Å²) in [5.41, 5.74) is 9.28. The fourth-order valence-corrected chi connectivity index (χ4v) is 5.07. The number of fused-ring (bicyclic) bond motifs is 1. The van der Waals surface area contributed by atoms with Gasteiger partial charge in [-0.2, -0.15) is 11.8 Å². The number of thioether (sulfide) groups is 1. The van der Waals surface area contributed by atoms with Gasteiger partial charge >= 0.3 is 0 Å². The van der Waals surface area contributed by atoms with Crippen molar-refractivity contribution in [1.29, 1.82) is 0 Å². The normalized spacial score (nSPS) is 23.2. The van der Waals surface area contributed by atoms with E-state index < -0.39 is 24.5 Å². The summed E-state index contributed by atoms with van der Waals surface area (Å²) in [5, 5.41) is 30.4. The van der Waals surface area contributed by atoms with Crippen molar-refractivity contribution in [1.82, 2.24) is 29.5 Å². The molecule has 10 nitrogen and oxygen atoms in total. The van der Waals surface area contributed by atoms with E-state index in [-0.39, 0.29) is 0 Å². The molecule has 11 heteroatoms. The number of hydrogen-bond acceptors (Lipinski definition) is 9. The molecule has 4 N–H and O–H groups in total. The molecule has 0 bridgehead atoms. The molecule has 0 amide bonds. The molecule has 1 aliphatic heterocycles. The van der Waals surface area contributed by atoms with Gasteiger partial charge in [0.1, 0.15) is 35.7 Å². The summed E-state index contributed by atoms with van der Waals surface area (Å²) in [5.74, 6) is 1.48. The average molecular weight is 454 g/mol. The molecule has 0 spiro atoms. The second-order valence-electron chi connectivity index (χ2n) is 7.65. The predicted molar refractivity (Wildman–Crippen MR) is 120 cm³/mol. The molecule has 0 aliphatic carbocycles. The van der Waals surface area contributed by atoms with Gasteiger partial charge in [0, 0.05) is 30.3 Å². The molecule has 0 radical (unpaired) electrons. The van der Waals surface area contributed by atoms with Crippen molar-refractivity contribution >= 4 is 28.6 Å². The van der Waals surface area contributed by atoms with E-state index in [0.717, 1.165) is 17.0 Å². The average Bonchev–Trinajstić information content (AvgIpc) is 3.47. The minimum atomic E-state index is -1.09. The molecule has 5 rings (SSSR count). The number of nitrogens with zero attached hydrogens (tertiary/aromatic N) is 6. The number of rotatable bonds is 6. The summed E-state index contributed by atoms with van der Waals surface area (Å²) >= 11 is 1.59. The molecule has 4 atom stereocenters. The van der Waals surface area contributed by atoms with Crippen LogP contribution in [0.5, 0.6) is 0 Å². The highest BCUT2D eigenvalue weighted by molar-refractivity contribution is 7.98. The van der Waals surface area contributed by atoms with E-state index in [1.165, 1.54) is 6.33 Å². The van der Waals surface area contributed by atoms with Crippen LogP contribution < -0.4 is 5.73 Å². The lowest BCUT2D eigenvalue weighted by Crippen LogP contribution is -2.32. The van der Waals surface area contributed by atoms with Crippen molar-refractivity contribution in [2.24, 2.45) is 7.05 Å². The molecule has 1 aromatic carbocycles. The van der Waals surface area contributed by atoms with Crippen molar-refractivity contribution in [3.8, 4) is 11.3 Å². The Balaban J connectivity index is 1.28. The standard InChI is InChI=1S/C21H23N7O3S/c1-27-14(16(25-26-27)12-5-3-2-4-6-12)9-32-10-15-17(29)18(30)21(31-15)28-8-7-13-19(22)23-11-24-20(13)28/h2-8,11,15,17-18,21,29-30H,9-10H2,1H3,(H2,22,23,24)/t15-,17-,18-,21-/m1/s1. The predicted octanol–water partition coefficient (Wildman–Crippen LogP) is 1.36. The van der Waals surface area contributed by atoms with Crippen molar-refractivity contribution in [3.63, 3.8) is 0 Å². The number of nitrogen functional groups attached to an aromatic ring is 1. The van der Waals surface area contributed by atoms with E-state index in [1.807, 2.05) is 37.4 Å². The molecule has 4 heterocycles. The smallest absolute Gasteiger partial charge is 0.164 e. The number of aliphatic hydroxyl groups is 2. The van der Waals surface area contributed by atoms with Gasteiger partial charge in [-0.25, -0.2) is 9.97 Å². The molecule has 1 fully saturated rings. The molecule has 0 saturated carbocycles. The zero-order valence-corrected chi connectivity index (χ0v) is 18.1. The maximum atomic E-state index is 10.6. The van der Waals surface area contributed by atoms with Crippen molar-refractivity contribution in [2.45, 2.75) is 30.3 Å². The first-order valence-corrected chi connectivity index (χ1v) is 11.3. The van der Waals surface area contributed by atoms with Crippen LogP contribution >= 0.6 is 11.8 Å². The summed E-state index contributed by atoms with van der Waals surface area (Å²) in [4.78, 5) is 8.23. The Kier molecular flexibility index (Phi) is 5.55. The molecular weight excluding hydrogens is 430 g/mol. The van der Waals surface area contributed by atoms with Crippen LogP contribution in [0.1, 0.15) is 11.9 Å². The molecule has 1 saturated heterocycles. The van der Waals surface area contributed by atoms with Crippen LogP contribution in [0.3, 0.4) is 0 Å². The highest BCUT2D eigenvalue weighted by atomic mass is 32.2. The van der Waals surface area contributed by atoms with Gasteiger partial charge in [0.2, 0.25) is 0 Å². The second kappa shape index (κ2) is 8.51. The largest absolute Gasteiger partial charge is 0.387 e. The van der Waals surface area contributed by atoms with E-state index >= 15 is 0 Å². The van der Waals surface area contributed by atoms with Crippen molar-refractivity contribution < 1.29 is 14.9 Å². The third kappa shape index (κ3) is 3.62. The number of aliphatic hydroxyl groups excluding tert-OH is 2. The molecule has 166 valence electrons. The zero-order chi connectivity index (χ0) is 22.2. The maximum absolute atomic E-state index is 10.6. The summed E-state index contributed by atoms with van der Waals surface area (Å²) in [7, 11) is 1.86. The Morgan fingerprint density at radius 1 is 1.12 bits per heavy atom. The van der Waals surface area contributed by atoms with E-state index in [1.54, 1.807) is 33.3 Å². The molecule has 3 aromatic heterocycles. The Labute approximate surface area is 188 Å². The van der Waals surface area contributed by atoms with Gasteiger partial charge in [-0.3, -0.25) is 4.68 Å². The number of benzene rings is 1. The first-order valence-electron chi connectivity index (χ1n) is 10.1. The first-order chi connectivity index (χ1) is 15.5. The third-order valence-electron chi connectivity index (χ3n) is 5.66. The Morgan fingerprint density at radius 2 is 1.94 bits per heavy atom. The second-order valence-corrected chi connectivity index (χ2v) is 8.69. The maximum Gasteiger partial charge on any atom is 0.164 e. The highest BCUT2D eigenvalue weighted by Crippen LogP contribution is 2.35. The van der Waals surface area contributed by atoms with Gasteiger partial charge in [-0.05, 0) is 6.07 Å². The van der Waals surface area contributed by atoms with Crippen LogP contribution in [0.2, 0.25) is 0 Å². The van der Waals surface area contributed by atoms with Gasteiger partial charge in [0.15, 0.2) is 6.23 Å². The Hall–Kier alpha value is -2.99. The number of aromatic nitrogens is 6. The first kappa shape index (κ1) is 20.9. The van der Waals surface area contributed by atoms with Crippen LogP contribution in [0, 0.1) is 0 Å². The van der Waals surface area contributed by atoms with Gasteiger partial charge in [0.25, 0.3) is 0 Å². The lowest BCUT2D eigenvalue weighted by molar-refractivity contribution is -0.0285. The summed E-state index contributed by atoms with van der Waals surface area (Å²) in [6, 6.07) is 11.7. The van der Waals surface area contributed by atoms with E-state index in [9.17, 15) is 10.2 Å². The molecular formula is C21H23N7O3S. The van der Waals surface area contributed by atoms with Crippen LogP contribution in [0.25, 0.3) is 22.3 Å². The van der Waals surface area contributed by atoms with Crippen molar-refractivity contribution in [3.05, 3.63) is 54.6 Å². The van der Waals surface area contributed by atoms with E-state index in [4.69, 9.17) is 10.5 Å². The van der Waals surface area contributed by atoms with Gasteiger partial charge in [-0.1, -0.05) is 35.5 Å².